The molecule has 3 rings (SSSR count). The summed E-state index contributed by atoms with van der Waals surface area (Å²) in [6.45, 7) is 4.08. The molecule has 1 aromatic heterocycles. The molecule has 2 heterocycles. The molecule has 0 radical (unpaired) electrons. The van der Waals surface area contributed by atoms with Crippen LogP contribution in [0.4, 0.5) is 0 Å². The predicted molar refractivity (Wildman–Crippen MR) is 106 cm³/mol. The minimum atomic E-state index is -0.114. The van der Waals surface area contributed by atoms with E-state index in [0.717, 1.165) is 31.4 Å². The Morgan fingerprint density at radius 1 is 1.18 bits per heavy atom. The third-order valence-electron chi connectivity index (χ3n) is 4.95. The maximum absolute atomic E-state index is 12.7. The van der Waals surface area contributed by atoms with E-state index in [1.807, 2.05) is 29.2 Å². The molecular formula is C21H28N4O3. The van der Waals surface area contributed by atoms with Crippen LogP contribution in [0.3, 0.4) is 0 Å². The summed E-state index contributed by atoms with van der Waals surface area (Å²) in [7, 11) is 1.78. The number of unbranched alkanes of at least 4 members (excludes halogenated alkanes) is 1. The standard InChI is InChI=1S/C21H28N4O3/c1-3-4-13-28-19-7-5-16(6-8-19)21(27)25-11-9-18(10-12-25)23-20(26)17-14-22-24(2)15-17/h5-8,14-15,18H,3-4,9-13H2,1-2H3,(H,23,26). The van der Waals surface area contributed by atoms with Crippen molar-refractivity contribution in [2.75, 3.05) is 19.7 Å². The second-order valence-corrected chi connectivity index (χ2v) is 7.17. The average molecular weight is 384 g/mol. The second-order valence-electron chi connectivity index (χ2n) is 7.17. The SMILES string of the molecule is CCCCOc1ccc(C(=O)N2CCC(NC(=O)c3cnn(C)c3)CC2)cc1. The van der Waals surface area contributed by atoms with Gasteiger partial charge in [0.25, 0.3) is 11.8 Å². The van der Waals surface area contributed by atoms with Crippen molar-refractivity contribution in [1.29, 1.82) is 0 Å². The minimum absolute atomic E-state index is 0.0251. The third-order valence-corrected chi connectivity index (χ3v) is 4.95. The summed E-state index contributed by atoms with van der Waals surface area (Å²) in [5.74, 6) is 0.704. The molecule has 0 atom stereocenters. The normalized spacial score (nSPS) is 14.7. The van der Waals surface area contributed by atoms with Crippen LogP contribution in [0.2, 0.25) is 0 Å². The number of hydrogen-bond acceptors (Lipinski definition) is 4. The molecule has 2 amide bonds. The van der Waals surface area contributed by atoms with Gasteiger partial charge in [-0.1, -0.05) is 13.3 Å². The number of piperidine rings is 1. The second kappa shape index (κ2) is 9.39. The number of carbonyl (C=O) groups excluding carboxylic acids is 2. The number of likely N-dealkylation sites (tertiary alicyclic amines) is 1. The van der Waals surface area contributed by atoms with Crippen molar-refractivity contribution in [2.24, 2.45) is 7.05 Å². The van der Waals surface area contributed by atoms with Gasteiger partial charge in [0.1, 0.15) is 5.75 Å². The Labute approximate surface area is 165 Å². The number of hydrogen-bond donors (Lipinski definition) is 1. The van der Waals surface area contributed by atoms with Crippen LogP contribution in [0.25, 0.3) is 0 Å². The summed E-state index contributed by atoms with van der Waals surface area (Å²) in [5, 5.41) is 7.05. The van der Waals surface area contributed by atoms with E-state index in [2.05, 4.69) is 17.3 Å². The molecule has 1 aliphatic heterocycles. The molecule has 150 valence electrons. The monoisotopic (exact) mass is 384 g/mol. The summed E-state index contributed by atoms with van der Waals surface area (Å²) in [5.41, 5.74) is 1.22. The van der Waals surface area contributed by atoms with E-state index in [0.29, 0.717) is 30.8 Å². The highest BCUT2D eigenvalue weighted by atomic mass is 16.5. The number of nitrogens with zero attached hydrogens (tertiary/aromatic N) is 3. The zero-order valence-electron chi connectivity index (χ0n) is 16.6. The van der Waals surface area contributed by atoms with Gasteiger partial charge < -0.3 is 15.0 Å². The smallest absolute Gasteiger partial charge is 0.254 e. The minimum Gasteiger partial charge on any atom is -0.494 e. The van der Waals surface area contributed by atoms with Crippen LogP contribution in [0.5, 0.6) is 5.75 Å². The van der Waals surface area contributed by atoms with Crippen molar-refractivity contribution in [3.05, 3.63) is 47.8 Å². The van der Waals surface area contributed by atoms with Crippen molar-refractivity contribution in [3.8, 4) is 5.75 Å². The number of rotatable bonds is 7. The third kappa shape index (κ3) is 5.12. The molecule has 1 aliphatic rings. The van der Waals surface area contributed by atoms with Gasteiger partial charge in [-0.05, 0) is 43.5 Å². The van der Waals surface area contributed by atoms with Gasteiger partial charge in [-0.15, -0.1) is 0 Å². The molecule has 7 heteroatoms. The summed E-state index contributed by atoms with van der Waals surface area (Å²) in [4.78, 5) is 26.8. The van der Waals surface area contributed by atoms with Crippen molar-refractivity contribution >= 4 is 11.8 Å². The highest BCUT2D eigenvalue weighted by Gasteiger charge is 2.25. The van der Waals surface area contributed by atoms with Crippen LogP contribution < -0.4 is 10.1 Å². The van der Waals surface area contributed by atoms with E-state index < -0.39 is 0 Å². The van der Waals surface area contributed by atoms with Crippen LogP contribution in [-0.4, -0.2) is 52.2 Å². The molecule has 1 aromatic carbocycles. The zero-order chi connectivity index (χ0) is 19.9. The number of amides is 2. The van der Waals surface area contributed by atoms with Gasteiger partial charge in [0.05, 0.1) is 18.4 Å². The zero-order valence-corrected chi connectivity index (χ0v) is 16.6. The van der Waals surface area contributed by atoms with Crippen molar-refractivity contribution in [1.82, 2.24) is 20.0 Å². The van der Waals surface area contributed by atoms with E-state index in [-0.39, 0.29) is 17.9 Å². The highest BCUT2D eigenvalue weighted by Crippen LogP contribution is 2.17. The molecule has 0 saturated carbocycles. The van der Waals surface area contributed by atoms with Crippen LogP contribution in [0.1, 0.15) is 53.3 Å². The van der Waals surface area contributed by atoms with Gasteiger partial charge >= 0.3 is 0 Å². The van der Waals surface area contributed by atoms with Gasteiger partial charge in [-0.3, -0.25) is 14.3 Å². The summed E-state index contributed by atoms with van der Waals surface area (Å²) in [6, 6.07) is 7.42. The topological polar surface area (TPSA) is 76.5 Å². The van der Waals surface area contributed by atoms with Gasteiger partial charge in [0.15, 0.2) is 0 Å². The summed E-state index contributed by atoms with van der Waals surface area (Å²) < 4.78 is 7.25. The Hall–Kier alpha value is -2.83. The number of aromatic nitrogens is 2. The van der Waals surface area contributed by atoms with Crippen LogP contribution in [0.15, 0.2) is 36.7 Å². The molecule has 0 bridgehead atoms. The number of carbonyl (C=O) groups is 2. The van der Waals surface area contributed by atoms with E-state index in [9.17, 15) is 9.59 Å². The van der Waals surface area contributed by atoms with Crippen molar-refractivity contribution in [2.45, 2.75) is 38.6 Å². The first-order valence-electron chi connectivity index (χ1n) is 9.88. The Kier molecular flexibility index (Phi) is 6.68. The van der Waals surface area contributed by atoms with E-state index in [1.165, 1.54) is 0 Å². The fourth-order valence-corrected chi connectivity index (χ4v) is 3.24. The molecule has 1 N–H and O–H groups in total. The van der Waals surface area contributed by atoms with E-state index in [4.69, 9.17) is 4.74 Å². The lowest BCUT2D eigenvalue weighted by Crippen LogP contribution is -2.46. The Morgan fingerprint density at radius 2 is 1.89 bits per heavy atom. The van der Waals surface area contributed by atoms with Gasteiger partial charge in [0, 0.05) is 37.9 Å². The lowest BCUT2D eigenvalue weighted by molar-refractivity contribution is 0.0698. The average Bonchev–Trinajstić information content (AvgIpc) is 3.15. The number of benzene rings is 1. The predicted octanol–water partition coefficient (Wildman–Crippen LogP) is 2.63. The Bertz CT molecular complexity index is 792. The molecule has 1 fully saturated rings. The van der Waals surface area contributed by atoms with Crippen LogP contribution in [0, 0.1) is 0 Å². The summed E-state index contributed by atoms with van der Waals surface area (Å²) >= 11 is 0. The quantitative estimate of drug-likeness (QED) is 0.745. The van der Waals surface area contributed by atoms with Crippen molar-refractivity contribution < 1.29 is 14.3 Å². The molecule has 28 heavy (non-hydrogen) atoms. The fraction of sp³-hybridized carbons (Fsp3) is 0.476. The molecular weight excluding hydrogens is 356 g/mol. The Morgan fingerprint density at radius 3 is 2.50 bits per heavy atom. The number of ether oxygens (including phenoxy) is 1. The van der Waals surface area contributed by atoms with Crippen LogP contribution in [-0.2, 0) is 7.05 Å². The van der Waals surface area contributed by atoms with Crippen molar-refractivity contribution in [3.63, 3.8) is 0 Å². The molecule has 0 unspecified atom stereocenters. The molecule has 2 aromatic rings. The van der Waals surface area contributed by atoms with Crippen LogP contribution >= 0.6 is 0 Å². The number of aryl methyl sites for hydroxylation is 1. The molecule has 0 aliphatic carbocycles. The fourth-order valence-electron chi connectivity index (χ4n) is 3.24. The van der Waals surface area contributed by atoms with Gasteiger partial charge in [0.2, 0.25) is 0 Å². The lowest BCUT2D eigenvalue weighted by Gasteiger charge is -2.32. The first-order chi connectivity index (χ1) is 13.6. The van der Waals surface area contributed by atoms with Gasteiger partial charge in [-0.25, -0.2) is 0 Å². The van der Waals surface area contributed by atoms with E-state index in [1.54, 1.807) is 24.1 Å². The van der Waals surface area contributed by atoms with Gasteiger partial charge in [-0.2, -0.15) is 5.10 Å². The first kappa shape index (κ1) is 19.9. The molecule has 7 nitrogen and oxygen atoms in total. The molecule has 1 saturated heterocycles. The molecule has 0 spiro atoms. The van der Waals surface area contributed by atoms with E-state index >= 15 is 0 Å². The lowest BCUT2D eigenvalue weighted by atomic mass is 10.0. The summed E-state index contributed by atoms with van der Waals surface area (Å²) in [6.07, 6.45) is 6.86. The Balaban J connectivity index is 1.47. The maximum Gasteiger partial charge on any atom is 0.254 e. The highest BCUT2D eigenvalue weighted by molar-refractivity contribution is 5.95. The number of nitrogens with one attached hydrogen (secondary N) is 1. The first-order valence-corrected chi connectivity index (χ1v) is 9.88. The maximum atomic E-state index is 12.7. The largest absolute Gasteiger partial charge is 0.494 e.